The first-order chi connectivity index (χ1) is 8.54. The molecule has 0 N–H and O–H groups in total. The summed E-state index contributed by atoms with van der Waals surface area (Å²) >= 11 is 5.87. The fraction of sp³-hybridized carbons (Fsp3) is 0.750. The molecule has 0 bridgehead atoms. The SMILES string of the molecule is CC1CCCC(Oc2nc(Cl)nc(N(C)C)n2)C1. The molecule has 2 atom stereocenters. The Balaban J connectivity index is 2.08. The molecule has 6 heteroatoms. The van der Waals surface area contributed by atoms with E-state index in [0.717, 1.165) is 12.8 Å². The second-order valence-electron chi connectivity index (χ2n) is 5.09. The van der Waals surface area contributed by atoms with Crippen molar-refractivity contribution >= 4 is 17.5 Å². The molecule has 1 aromatic heterocycles. The lowest BCUT2D eigenvalue weighted by molar-refractivity contribution is 0.118. The Morgan fingerprint density at radius 2 is 2.00 bits per heavy atom. The van der Waals surface area contributed by atoms with E-state index >= 15 is 0 Å². The summed E-state index contributed by atoms with van der Waals surface area (Å²) in [6.07, 6.45) is 4.79. The second-order valence-corrected chi connectivity index (χ2v) is 5.43. The van der Waals surface area contributed by atoms with Gasteiger partial charge in [-0.3, -0.25) is 0 Å². The van der Waals surface area contributed by atoms with E-state index in [1.165, 1.54) is 12.8 Å². The van der Waals surface area contributed by atoms with E-state index in [2.05, 4.69) is 21.9 Å². The lowest BCUT2D eigenvalue weighted by Gasteiger charge is -2.26. The molecule has 18 heavy (non-hydrogen) atoms. The Morgan fingerprint density at radius 1 is 1.22 bits per heavy atom. The van der Waals surface area contributed by atoms with Crippen molar-refractivity contribution in [3.63, 3.8) is 0 Å². The zero-order chi connectivity index (χ0) is 13.1. The molecule has 0 radical (unpaired) electrons. The van der Waals surface area contributed by atoms with Crippen molar-refractivity contribution in [3.05, 3.63) is 5.28 Å². The number of anilines is 1. The highest BCUT2D eigenvalue weighted by molar-refractivity contribution is 6.28. The zero-order valence-corrected chi connectivity index (χ0v) is 11.8. The highest BCUT2D eigenvalue weighted by atomic mass is 35.5. The second kappa shape index (κ2) is 5.69. The summed E-state index contributed by atoms with van der Waals surface area (Å²) in [6.45, 7) is 2.25. The number of rotatable bonds is 3. The molecule has 1 fully saturated rings. The molecular weight excluding hydrogens is 252 g/mol. The topological polar surface area (TPSA) is 51.1 Å². The molecule has 1 saturated carbocycles. The molecule has 1 aromatic rings. The molecule has 1 heterocycles. The predicted molar refractivity (Wildman–Crippen MR) is 71.2 cm³/mol. The van der Waals surface area contributed by atoms with Gasteiger partial charge in [-0.05, 0) is 36.8 Å². The van der Waals surface area contributed by atoms with Crippen molar-refractivity contribution in [3.8, 4) is 6.01 Å². The number of ether oxygens (including phenoxy) is 1. The van der Waals surface area contributed by atoms with Crippen LogP contribution in [0.15, 0.2) is 0 Å². The van der Waals surface area contributed by atoms with Gasteiger partial charge in [0.1, 0.15) is 6.10 Å². The summed E-state index contributed by atoms with van der Waals surface area (Å²) in [5.41, 5.74) is 0. The van der Waals surface area contributed by atoms with Crippen LogP contribution in [0.5, 0.6) is 6.01 Å². The van der Waals surface area contributed by atoms with Crippen LogP contribution in [0.3, 0.4) is 0 Å². The van der Waals surface area contributed by atoms with Crippen molar-refractivity contribution < 1.29 is 4.74 Å². The van der Waals surface area contributed by atoms with E-state index in [4.69, 9.17) is 16.3 Å². The van der Waals surface area contributed by atoms with E-state index in [-0.39, 0.29) is 11.4 Å². The molecule has 0 aliphatic heterocycles. The van der Waals surface area contributed by atoms with E-state index in [1.54, 1.807) is 4.90 Å². The number of halogens is 1. The van der Waals surface area contributed by atoms with E-state index in [0.29, 0.717) is 17.9 Å². The van der Waals surface area contributed by atoms with Crippen LogP contribution in [0.4, 0.5) is 5.95 Å². The minimum Gasteiger partial charge on any atom is -0.460 e. The Labute approximate surface area is 113 Å². The lowest BCUT2D eigenvalue weighted by atomic mass is 9.89. The number of hydrogen-bond acceptors (Lipinski definition) is 5. The van der Waals surface area contributed by atoms with Gasteiger partial charge in [-0.1, -0.05) is 13.3 Å². The monoisotopic (exact) mass is 270 g/mol. The summed E-state index contributed by atoms with van der Waals surface area (Å²) in [5.74, 6) is 1.23. The van der Waals surface area contributed by atoms with Gasteiger partial charge in [0.15, 0.2) is 0 Å². The van der Waals surface area contributed by atoms with Gasteiger partial charge in [-0.2, -0.15) is 15.0 Å². The van der Waals surface area contributed by atoms with Crippen LogP contribution in [0.2, 0.25) is 5.28 Å². The number of hydrogen-bond donors (Lipinski definition) is 0. The van der Waals surface area contributed by atoms with Crippen molar-refractivity contribution in [2.75, 3.05) is 19.0 Å². The Bertz CT molecular complexity index is 413. The van der Waals surface area contributed by atoms with Crippen molar-refractivity contribution in [2.24, 2.45) is 5.92 Å². The normalized spacial score (nSPS) is 23.8. The zero-order valence-electron chi connectivity index (χ0n) is 11.1. The van der Waals surface area contributed by atoms with Crippen molar-refractivity contribution in [1.82, 2.24) is 15.0 Å². The van der Waals surface area contributed by atoms with Crippen molar-refractivity contribution in [2.45, 2.75) is 38.7 Å². The molecule has 2 rings (SSSR count). The summed E-state index contributed by atoms with van der Waals surface area (Å²) < 4.78 is 5.82. The van der Waals surface area contributed by atoms with Crippen molar-refractivity contribution in [1.29, 1.82) is 0 Å². The van der Waals surface area contributed by atoms with Crippen LogP contribution < -0.4 is 9.64 Å². The standard InChI is InChI=1S/C12H19ClN4O/c1-8-5-4-6-9(7-8)18-12-15-10(13)14-11(16-12)17(2)3/h8-9H,4-7H2,1-3H3. The minimum atomic E-state index is 0.174. The molecule has 5 nitrogen and oxygen atoms in total. The summed E-state index contributed by atoms with van der Waals surface area (Å²) in [7, 11) is 3.72. The maximum Gasteiger partial charge on any atom is 0.322 e. The maximum atomic E-state index is 5.87. The van der Waals surface area contributed by atoms with Gasteiger partial charge < -0.3 is 9.64 Å². The average molecular weight is 271 g/mol. The fourth-order valence-corrected chi connectivity index (χ4v) is 2.36. The average Bonchev–Trinajstić information content (AvgIpc) is 2.28. The van der Waals surface area contributed by atoms with Gasteiger partial charge in [-0.15, -0.1) is 0 Å². The Hall–Kier alpha value is -1.10. The van der Waals surface area contributed by atoms with Crippen LogP contribution in [0.25, 0.3) is 0 Å². The molecule has 0 aromatic carbocycles. The fourth-order valence-electron chi connectivity index (χ4n) is 2.21. The molecular formula is C12H19ClN4O. The lowest BCUT2D eigenvalue weighted by Crippen LogP contribution is -2.25. The summed E-state index contributed by atoms with van der Waals surface area (Å²) in [6, 6.07) is 0.331. The summed E-state index contributed by atoms with van der Waals surface area (Å²) in [5, 5.41) is 0.174. The molecule has 1 aliphatic rings. The number of aromatic nitrogens is 3. The van der Waals surface area contributed by atoms with Crippen LogP contribution >= 0.6 is 11.6 Å². The van der Waals surface area contributed by atoms with Crippen LogP contribution in [0.1, 0.15) is 32.6 Å². The Kier molecular flexibility index (Phi) is 4.22. The van der Waals surface area contributed by atoms with E-state index in [9.17, 15) is 0 Å². The van der Waals surface area contributed by atoms with Gasteiger partial charge in [0.05, 0.1) is 0 Å². The number of nitrogens with zero attached hydrogens (tertiary/aromatic N) is 4. The van der Waals surface area contributed by atoms with Gasteiger partial charge in [-0.25, -0.2) is 0 Å². The Morgan fingerprint density at radius 3 is 2.67 bits per heavy atom. The first-order valence-corrected chi connectivity index (χ1v) is 6.68. The van der Waals surface area contributed by atoms with Gasteiger partial charge in [0, 0.05) is 14.1 Å². The van der Waals surface area contributed by atoms with Gasteiger partial charge in [0.2, 0.25) is 11.2 Å². The minimum absolute atomic E-state index is 0.174. The molecule has 2 unspecified atom stereocenters. The van der Waals surface area contributed by atoms with E-state index < -0.39 is 0 Å². The highest BCUT2D eigenvalue weighted by Crippen LogP contribution is 2.26. The first-order valence-electron chi connectivity index (χ1n) is 6.30. The van der Waals surface area contributed by atoms with E-state index in [1.807, 2.05) is 14.1 Å². The van der Waals surface area contributed by atoms with Crippen LogP contribution in [-0.4, -0.2) is 35.2 Å². The molecule has 0 amide bonds. The highest BCUT2D eigenvalue weighted by Gasteiger charge is 2.21. The summed E-state index contributed by atoms with van der Waals surface area (Å²) in [4.78, 5) is 14.1. The molecule has 1 aliphatic carbocycles. The quantitative estimate of drug-likeness (QED) is 0.845. The predicted octanol–water partition coefficient (Wildman–Crippen LogP) is 2.55. The third-order valence-electron chi connectivity index (χ3n) is 3.14. The first kappa shape index (κ1) is 13.3. The van der Waals surface area contributed by atoms with Gasteiger partial charge in [0.25, 0.3) is 0 Å². The van der Waals surface area contributed by atoms with Gasteiger partial charge >= 0.3 is 6.01 Å². The molecule has 0 saturated heterocycles. The van der Waals surface area contributed by atoms with Crippen LogP contribution in [-0.2, 0) is 0 Å². The molecule has 0 spiro atoms. The smallest absolute Gasteiger partial charge is 0.322 e. The third kappa shape index (κ3) is 3.45. The van der Waals surface area contributed by atoms with Crippen LogP contribution in [0, 0.1) is 5.92 Å². The largest absolute Gasteiger partial charge is 0.460 e. The third-order valence-corrected chi connectivity index (χ3v) is 3.31. The maximum absolute atomic E-state index is 5.87. The molecule has 100 valence electrons.